The lowest BCUT2D eigenvalue weighted by Crippen LogP contribution is -1.95. The smallest absolute Gasteiger partial charge is 0.0346 e. The molecule has 0 aliphatic carbocycles. The van der Waals surface area contributed by atoms with Gasteiger partial charge in [-0.3, -0.25) is 0 Å². The van der Waals surface area contributed by atoms with E-state index in [0.29, 0.717) is 0 Å². The molecule has 0 aromatic heterocycles. The molecule has 0 amide bonds. The molecule has 1 nitrogen and oxygen atoms in total. The van der Waals surface area contributed by atoms with Crippen molar-refractivity contribution >= 4 is 5.69 Å². The number of aryl methyl sites for hydroxylation is 4. The highest BCUT2D eigenvalue weighted by Gasteiger charge is 2.08. The summed E-state index contributed by atoms with van der Waals surface area (Å²) in [5.41, 5.74) is 14.7. The Kier molecular flexibility index (Phi) is 3.42. The van der Waals surface area contributed by atoms with Crippen LogP contribution in [0.3, 0.4) is 0 Å². The molecule has 0 fully saturated rings. The lowest BCUT2D eigenvalue weighted by Gasteiger charge is -2.13. The van der Waals surface area contributed by atoms with Crippen molar-refractivity contribution in [3.63, 3.8) is 0 Å². The minimum atomic E-state index is 0.892. The maximum Gasteiger partial charge on any atom is 0.0346 e. The van der Waals surface area contributed by atoms with Crippen molar-refractivity contribution in [3.8, 4) is 11.1 Å². The minimum Gasteiger partial charge on any atom is -0.399 e. The number of benzene rings is 2. The molecule has 1 heteroatoms. The number of nitrogen functional groups attached to an aromatic ring is 1. The van der Waals surface area contributed by atoms with Crippen LogP contribution in [0, 0.1) is 20.8 Å². The Balaban J connectivity index is 2.62. The van der Waals surface area contributed by atoms with E-state index in [1.807, 2.05) is 6.07 Å². The maximum atomic E-state index is 5.98. The van der Waals surface area contributed by atoms with Crippen molar-refractivity contribution in [3.05, 3.63) is 52.6 Å². The molecule has 0 bridgehead atoms. The van der Waals surface area contributed by atoms with Gasteiger partial charge in [0.2, 0.25) is 0 Å². The van der Waals surface area contributed by atoms with E-state index in [1.54, 1.807) is 0 Å². The topological polar surface area (TPSA) is 26.0 Å². The minimum absolute atomic E-state index is 0.892. The summed E-state index contributed by atoms with van der Waals surface area (Å²) in [6.45, 7) is 8.64. The average Bonchev–Trinajstić information content (AvgIpc) is 2.30. The van der Waals surface area contributed by atoms with Crippen LogP contribution < -0.4 is 5.73 Å². The number of hydrogen-bond donors (Lipinski definition) is 1. The summed E-state index contributed by atoms with van der Waals surface area (Å²) in [4.78, 5) is 0. The first-order chi connectivity index (χ1) is 8.52. The van der Waals surface area contributed by atoms with Crippen molar-refractivity contribution < 1.29 is 0 Å². The molecular weight excluding hydrogens is 218 g/mol. The van der Waals surface area contributed by atoms with E-state index in [-0.39, 0.29) is 0 Å². The maximum absolute atomic E-state index is 5.98. The molecule has 2 N–H and O–H groups in total. The van der Waals surface area contributed by atoms with Gasteiger partial charge in [-0.25, -0.2) is 0 Å². The summed E-state index contributed by atoms with van der Waals surface area (Å²) in [5, 5.41) is 0. The largest absolute Gasteiger partial charge is 0.399 e. The van der Waals surface area contributed by atoms with Gasteiger partial charge in [0, 0.05) is 5.69 Å². The zero-order valence-electron chi connectivity index (χ0n) is 11.7. The second-order valence-electron chi connectivity index (χ2n) is 5.04. The van der Waals surface area contributed by atoms with Gasteiger partial charge in [-0.05, 0) is 67.1 Å². The first kappa shape index (κ1) is 12.7. The molecule has 0 saturated carbocycles. The van der Waals surface area contributed by atoms with Crippen LogP contribution in [0.15, 0.2) is 30.3 Å². The third-order valence-electron chi connectivity index (χ3n) is 3.49. The molecule has 0 spiro atoms. The first-order valence-corrected chi connectivity index (χ1v) is 6.49. The average molecular weight is 239 g/mol. The second-order valence-corrected chi connectivity index (χ2v) is 5.04. The normalized spacial score (nSPS) is 10.7. The van der Waals surface area contributed by atoms with Crippen LogP contribution >= 0.6 is 0 Å². The van der Waals surface area contributed by atoms with Gasteiger partial charge in [0.1, 0.15) is 0 Å². The van der Waals surface area contributed by atoms with Crippen LogP contribution in [0.4, 0.5) is 5.69 Å². The monoisotopic (exact) mass is 239 g/mol. The summed E-state index contributed by atoms with van der Waals surface area (Å²) in [6.07, 6.45) is 0.976. The molecule has 0 saturated heterocycles. The highest BCUT2D eigenvalue weighted by atomic mass is 14.6. The van der Waals surface area contributed by atoms with Gasteiger partial charge in [0.15, 0.2) is 0 Å². The van der Waals surface area contributed by atoms with Crippen molar-refractivity contribution in [2.75, 3.05) is 5.73 Å². The van der Waals surface area contributed by atoms with Crippen LogP contribution in [-0.2, 0) is 6.42 Å². The summed E-state index contributed by atoms with van der Waals surface area (Å²) >= 11 is 0. The third-order valence-corrected chi connectivity index (χ3v) is 3.49. The molecule has 0 heterocycles. The summed E-state index contributed by atoms with van der Waals surface area (Å²) in [6, 6.07) is 10.8. The highest BCUT2D eigenvalue weighted by Crippen LogP contribution is 2.30. The van der Waals surface area contributed by atoms with E-state index in [0.717, 1.165) is 12.1 Å². The predicted molar refractivity (Wildman–Crippen MR) is 79.9 cm³/mol. The van der Waals surface area contributed by atoms with E-state index < -0.39 is 0 Å². The van der Waals surface area contributed by atoms with Gasteiger partial charge in [-0.15, -0.1) is 0 Å². The third kappa shape index (κ3) is 2.26. The van der Waals surface area contributed by atoms with Crippen molar-refractivity contribution in [2.24, 2.45) is 0 Å². The molecule has 18 heavy (non-hydrogen) atoms. The number of rotatable bonds is 2. The molecule has 94 valence electrons. The fraction of sp³-hybridized carbons (Fsp3) is 0.294. The van der Waals surface area contributed by atoms with Gasteiger partial charge < -0.3 is 5.73 Å². The number of hydrogen-bond acceptors (Lipinski definition) is 1. The Bertz CT molecular complexity index is 559. The molecule has 0 aliphatic heterocycles. The van der Waals surface area contributed by atoms with Crippen LogP contribution in [0.1, 0.15) is 29.2 Å². The van der Waals surface area contributed by atoms with Crippen LogP contribution in [0.2, 0.25) is 0 Å². The fourth-order valence-electron chi connectivity index (χ4n) is 2.70. The molecule has 0 radical (unpaired) electrons. The van der Waals surface area contributed by atoms with E-state index >= 15 is 0 Å². The van der Waals surface area contributed by atoms with E-state index in [1.165, 1.54) is 33.4 Å². The summed E-state index contributed by atoms with van der Waals surface area (Å²) < 4.78 is 0. The van der Waals surface area contributed by atoms with Gasteiger partial charge in [-0.2, -0.15) is 0 Å². The second kappa shape index (κ2) is 4.85. The fourth-order valence-corrected chi connectivity index (χ4v) is 2.70. The zero-order valence-corrected chi connectivity index (χ0v) is 11.7. The summed E-state index contributed by atoms with van der Waals surface area (Å²) in [5.74, 6) is 0. The summed E-state index contributed by atoms with van der Waals surface area (Å²) in [7, 11) is 0. The molecule has 0 aliphatic rings. The van der Waals surface area contributed by atoms with Crippen molar-refractivity contribution in [1.82, 2.24) is 0 Å². The molecular formula is C17H21N. The predicted octanol–water partition coefficient (Wildman–Crippen LogP) is 4.42. The van der Waals surface area contributed by atoms with Crippen molar-refractivity contribution in [1.29, 1.82) is 0 Å². The SMILES string of the molecule is CCc1cc(-c2c(C)cc(C)cc2C)ccc1N. The standard InChI is InChI=1S/C17H21N/c1-5-14-10-15(6-7-16(14)18)17-12(3)8-11(2)9-13(17)4/h6-10H,5,18H2,1-4H3. The van der Waals surface area contributed by atoms with E-state index in [4.69, 9.17) is 5.73 Å². The molecule has 0 unspecified atom stereocenters. The molecule has 0 atom stereocenters. The molecule has 2 rings (SSSR count). The van der Waals surface area contributed by atoms with Gasteiger partial charge in [-0.1, -0.05) is 30.7 Å². The lowest BCUT2D eigenvalue weighted by molar-refractivity contribution is 1.14. The van der Waals surface area contributed by atoms with Crippen LogP contribution in [-0.4, -0.2) is 0 Å². The molecule has 2 aromatic rings. The van der Waals surface area contributed by atoms with Gasteiger partial charge in [0.25, 0.3) is 0 Å². The molecule has 2 aromatic carbocycles. The Morgan fingerprint density at radius 2 is 1.56 bits per heavy atom. The Labute approximate surface area is 110 Å². The first-order valence-electron chi connectivity index (χ1n) is 6.49. The Hall–Kier alpha value is -1.76. The van der Waals surface area contributed by atoms with E-state index in [2.05, 4.69) is 52.0 Å². The Morgan fingerprint density at radius 1 is 0.944 bits per heavy atom. The van der Waals surface area contributed by atoms with E-state index in [9.17, 15) is 0 Å². The lowest BCUT2D eigenvalue weighted by atomic mass is 9.92. The number of nitrogens with two attached hydrogens (primary N) is 1. The zero-order chi connectivity index (χ0) is 13.3. The van der Waals surface area contributed by atoms with Crippen LogP contribution in [0.5, 0.6) is 0 Å². The quantitative estimate of drug-likeness (QED) is 0.771. The Morgan fingerprint density at radius 3 is 2.11 bits per heavy atom. The van der Waals surface area contributed by atoms with Gasteiger partial charge in [0.05, 0.1) is 0 Å². The highest BCUT2D eigenvalue weighted by molar-refractivity contribution is 5.73. The van der Waals surface area contributed by atoms with Crippen molar-refractivity contribution in [2.45, 2.75) is 34.1 Å². The van der Waals surface area contributed by atoms with Crippen LogP contribution in [0.25, 0.3) is 11.1 Å². The number of anilines is 1. The van der Waals surface area contributed by atoms with Gasteiger partial charge >= 0.3 is 0 Å².